The second-order valence-corrected chi connectivity index (χ2v) is 5.15. The van der Waals surface area contributed by atoms with E-state index < -0.39 is 5.97 Å². The number of rotatable bonds is 5. The summed E-state index contributed by atoms with van der Waals surface area (Å²) in [4.78, 5) is 21.7. The highest BCUT2D eigenvalue weighted by Crippen LogP contribution is 2.13. The van der Waals surface area contributed by atoms with E-state index in [4.69, 9.17) is 5.11 Å². The van der Waals surface area contributed by atoms with Gasteiger partial charge >= 0.3 is 5.97 Å². The number of aliphatic carboxylic acids is 1. The monoisotopic (exact) mass is 227 g/mol. The first-order chi connectivity index (χ1) is 7.20. The van der Waals surface area contributed by atoms with E-state index in [1.165, 1.54) is 6.08 Å². The Bertz CT molecular complexity index is 276. The number of allylic oxidation sites excluding steroid dienone is 1. The molecular weight excluding hydrogens is 206 g/mol. The van der Waals surface area contributed by atoms with Crippen molar-refractivity contribution in [3.8, 4) is 0 Å². The molecule has 1 amide bonds. The molecule has 0 saturated heterocycles. The lowest BCUT2D eigenvalue weighted by Gasteiger charge is -2.12. The number of carbonyl (C=O) groups is 2. The molecule has 0 aromatic rings. The molecule has 0 fully saturated rings. The number of hydrogen-bond acceptors (Lipinski definition) is 2. The molecule has 16 heavy (non-hydrogen) atoms. The number of amides is 1. The van der Waals surface area contributed by atoms with E-state index in [1.807, 2.05) is 26.8 Å². The van der Waals surface area contributed by atoms with Gasteiger partial charge in [0, 0.05) is 13.0 Å². The molecule has 0 aromatic carbocycles. The molecule has 1 unspecified atom stereocenters. The van der Waals surface area contributed by atoms with Gasteiger partial charge in [0.2, 0.25) is 5.91 Å². The molecule has 0 aliphatic heterocycles. The van der Waals surface area contributed by atoms with Gasteiger partial charge in [0.1, 0.15) is 0 Å². The summed E-state index contributed by atoms with van der Waals surface area (Å²) in [5, 5.41) is 11.2. The summed E-state index contributed by atoms with van der Waals surface area (Å²) in [5.41, 5.74) is -0.0238. The molecule has 2 N–H and O–H groups in total. The number of carbonyl (C=O) groups excluding carboxylic acids is 1. The van der Waals surface area contributed by atoms with Crippen LogP contribution in [-0.2, 0) is 9.59 Å². The molecular formula is C12H21NO3. The van der Waals surface area contributed by atoms with E-state index in [9.17, 15) is 9.59 Å². The van der Waals surface area contributed by atoms with Crippen LogP contribution in [0.5, 0.6) is 0 Å². The van der Waals surface area contributed by atoms with Crippen molar-refractivity contribution >= 4 is 11.9 Å². The summed E-state index contributed by atoms with van der Waals surface area (Å²) in [6.45, 7) is 8.19. The van der Waals surface area contributed by atoms with Gasteiger partial charge in [-0.05, 0) is 17.4 Å². The van der Waals surface area contributed by atoms with Crippen molar-refractivity contribution in [2.45, 2.75) is 34.1 Å². The molecule has 0 aliphatic rings. The lowest BCUT2D eigenvalue weighted by Crippen LogP contribution is -2.27. The van der Waals surface area contributed by atoms with Crippen LogP contribution in [0, 0.1) is 11.3 Å². The minimum atomic E-state index is -0.841. The van der Waals surface area contributed by atoms with Crippen molar-refractivity contribution in [3.05, 3.63) is 12.2 Å². The van der Waals surface area contributed by atoms with E-state index in [-0.39, 0.29) is 23.7 Å². The highest BCUT2D eigenvalue weighted by atomic mass is 16.4. The first-order valence-electron chi connectivity index (χ1n) is 5.39. The fourth-order valence-electron chi connectivity index (χ4n) is 1.03. The third kappa shape index (κ3) is 9.24. The first kappa shape index (κ1) is 14.7. The summed E-state index contributed by atoms with van der Waals surface area (Å²) in [5.74, 6) is -1.07. The number of carboxylic acid groups (broad SMARTS) is 1. The minimum Gasteiger partial charge on any atom is -0.481 e. The fourth-order valence-corrected chi connectivity index (χ4v) is 1.03. The summed E-state index contributed by atoms with van der Waals surface area (Å²) < 4.78 is 0. The van der Waals surface area contributed by atoms with Crippen LogP contribution in [0.1, 0.15) is 34.1 Å². The molecule has 92 valence electrons. The van der Waals surface area contributed by atoms with Crippen LogP contribution >= 0.6 is 0 Å². The van der Waals surface area contributed by atoms with Gasteiger partial charge in [0.15, 0.2) is 0 Å². The second-order valence-electron chi connectivity index (χ2n) is 5.15. The van der Waals surface area contributed by atoms with E-state index in [1.54, 1.807) is 6.92 Å². The Morgan fingerprint density at radius 3 is 2.38 bits per heavy atom. The van der Waals surface area contributed by atoms with Crippen molar-refractivity contribution in [1.29, 1.82) is 0 Å². The molecule has 0 saturated carbocycles. The standard InChI is InChI=1S/C12H21NO3/c1-9(7-11(15)16)8-13-10(14)5-6-12(2,3)4/h5-6,9H,7-8H2,1-4H3,(H,13,14)(H,15,16)/b6-5+. The quantitative estimate of drug-likeness (QED) is 0.704. The third-order valence-corrected chi connectivity index (χ3v) is 1.88. The summed E-state index contributed by atoms with van der Waals surface area (Å²) >= 11 is 0. The van der Waals surface area contributed by atoms with Crippen LogP contribution in [0.25, 0.3) is 0 Å². The van der Waals surface area contributed by atoms with Crippen molar-refractivity contribution in [2.24, 2.45) is 11.3 Å². The maximum atomic E-state index is 11.3. The van der Waals surface area contributed by atoms with Crippen LogP contribution in [0.2, 0.25) is 0 Å². The topological polar surface area (TPSA) is 66.4 Å². The van der Waals surface area contributed by atoms with Gasteiger partial charge < -0.3 is 10.4 Å². The Labute approximate surface area is 96.7 Å². The molecule has 0 radical (unpaired) electrons. The van der Waals surface area contributed by atoms with E-state index in [0.717, 1.165) is 0 Å². The smallest absolute Gasteiger partial charge is 0.303 e. The molecule has 0 bridgehead atoms. The van der Waals surface area contributed by atoms with Crippen molar-refractivity contribution in [3.63, 3.8) is 0 Å². The van der Waals surface area contributed by atoms with Gasteiger partial charge in [-0.15, -0.1) is 0 Å². The Hall–Kier alpha value is -1.32. The summed E-state index contributed by atoms with van der Waals surface area (Å²) in [6.07, 6.45) is 3.39. The Balaban J connectivity index is 3.90. The largest absolute Gasteiger partial charge is 0.481 e. The van der Waals surface area contributed by atoms with Crippen LogP contribution in [0.4, 0.5) is 0 Å². The van der Waals surface area contributed by atoms with Gasteiger partial charge in [0.25, 0.3) is 0 Å². The first-order valence-corrected chi connectivity index (χ1v) is 5.39. The van der Waals surface area contributed by atoms with Crippen molar-refractivity contribution in [1.82, 2.24) is 5.32 Å². The zero-order chi connectivity index (χ0) is 12.8. The molecule has 0 rings (SSSR count). The van der Waals surface area contributed by atoms with Gasteiger partial charge in [0.05, 0.1) is 0 Å². The lowest BCUT2D eigenvalue weighted by atomic mass is 9.96. The third-order valence-electron chi connectivity index (χ3n) is 1.88. The van der Waals surface area contributed by atoms with Crippen LogP contribution < -0.4 is 5.32 Å². The van der Waals surface area contributed by atoms with Gasteiger partial charge in [-0.3, -0.25) is 9.59 Å². The SMILES string of the molecule is CC(CNC(=O)/C=C/C(C)(C)C)CC(=O)O. The maximum absolute atomic E-state index is 11.3. The molecule has 0 spiro atoms. The predicted molar refractivity (Wildman–Crippen MR) is 63.0 cm³/mol. The number of carboxylic acids is 1. The minimum absolute atomic E-state index is 0.0238. The average molecular weight is 227 g/mol. The lowest BCUT2D eigenvalue weighted by molar-refractivity contribution is -0.138. The molecule has 0 heterocycles. The summed E-state index contributed by atoms with van der Waals surface area (Å²) in [6, 6.07) is 0. The van der Waals surface area contributed by atoms with Crippen LogP contribution in [0.15, 0.2) is 12.2 Å². The number of hydrogen-bond donors (Lipinski definition) is 2. The second kappa shape index (κ2) is 6.30. The molecule has 0 aliphatic carbocycles. The van der Waals surface area contributed by atoms with E-state index >= 15 is 0 Å². The van der Waals surface area contributed by atoms with Crippen molar-refractivity contribution < 1.29 is 14.7 Å². The highest BCUT2D eigenvalue weighted by Gasteiger charge is 2.09. The predicted octanol–water partition coefficient (Wildman–Crippen LogP) is 1.82. The maximum Gasteiger partial charge on any atom is 0.303 e. The Morgan fingerprint density at radius 2 is 1.94 bits per heavy atom. The normalized spacial score (nSPS) is 13.8. The Morgan fingerprint density at radius 1 is 1.38 bits per heavy atom. The van der Waals surface area contributed by atoms with Crippen molar-refractivity contribution in [2.75, 3.05) is 6.54 Å². The van der Waals surface area contributed by atoms with E-state index in [0.29, 0.717) is 6.54 Å². The highest BCUT2D eigenvalue weighted by molar-refractivity contribution is 5.87. The van der Waals surface area contributed by atoms with Crippen LogP contribution in [-0.4, -0.2) is 23.5 Å². The van der Waals surface area contributed by atoms with Gasteiger partial charge in [-0.2, -0.15) is 0 Å². The zero-order valence-corrected chi connectivity index (χ0v) is 10.4. The fraction of sp³-hybridized carbons (Fsp3) is 0.667. The molecule has 1 atom stereocenters. The molecule has 4 nitrogen and oxygen atoms in total. The van der Waals surface area contributed by atoms with E-state index in [2.05, 4.69) is 5.32 Å². The van der Waals surface area contributed by atoms with Crippen LogP contribution in [0.3, 0.4) is 0 Å². The zero-order valence-electron chi connectivity index (χ0n) is 10.4. The Kier molecular flexibility index (Phi) is 5.78. The molecule has 4 heteroatoms. The number of nitrogens with one attached hydrogen (secondary N) is 1. The van der Waals surface area contributed by atoms with Gasteiger partial charge in [-0.1, -0.05) is 33.8 Å². The molecule has 0 aromatic heterocycles. The summed E-state index contributed by atoms with van der Waals surface area (Å²) in [7, 11) is 0. The average Bonchev–Trinajstić information content (AvgIpc) is 2.09. The van der Waals surface area contributed by atoms with Gasteiger partial charge in [-0.25, -0.2) is 0 Å².